The molecule has 1 aromatic carbocycles. The molecular weight excluding hydrogens is 460 g/mol. The third-order valence-electron chi connectivity index (χ3n) is 4.98. The van der Waals surface area contributed by atoms with Crippen molar-refractivity contribution in [2.24, 2.45) is 0 Å². The fraction of sp³-hybridized carbons (Fsp3) is 0.368. The molecule has 158 valence electrons. The fourth-order valence-electron chi connectivity index (χ4n) is 3.44. The Hall–Kier alpha value is -3.08. The maximum atomic E-state index is 12.2. The van der Waals surface area contributed by atoms with E-state index in [1.54, 1.807) is 0 Å². The quantitative estimate of drug-likeness (QED) is 0.350. The molecule has 0 saturated carbocycles. The second kappa shape index (κ2) is 9.16. The topological polar surface area (TPSA) is 144 Å². The SMILES string of the molecule is O=C(CCn1c2c(c(=O)[nH]c1=O)CCCC2)NCC(=O)c1ccc(Br)c([N+](=O)[O-])c1. The van der Waals surface area contributed by atoms with Gasteiger partial charge in [0.2, 0.25) is 5.91 Å². The number of hydrogen-bond acceptors (Lipinski definition) is 6. The van der Waals surface area contributed by atoms with E-state index in [0.29, 0.717) is 24.1 Å². The molecule has 2 aromatic rings. The normalized spacial score (nSPS) is 12.8. The molecule has 0 unspecified atom stereocenters. The number of ketones is 1. The molecular formula is C19H19BrN4O6. The van der Waals surface area contributed by atoms with Gasteiger partial charge in [-0.3, -0.25) is 34.0 Å². The minimum atomic E-state index is -0.609. The number of halogens is 1. The largest absolute Gasteiger partial charge is 0.349 e. The van der Waals surface area contributed by atoms with Gasteiger partial charge in [-0.15, -0.1) is 0 Å². The molecule has 0 radical (unpaired) electrons. The number of hydrogen-bond donors (Lipinski definition) is 2. The van der Waals surface area contributed by atoms with E-state index >= 15 is 0 Å². The number of carbonyl (C=O) groups excluding carboxylic acids is 2. The standard InChI is InChI=1S/C19H19BrN4O6/c20-13-6-5-11(9-15(13)24(29)30)16(25)10-21-17(26)7-8-23-14-4-2-1-3-12(14)18(27)22-19(23)28/h5-6,9H,1-4,7-8,10H2,(H,21,26)(H,22,27,28). The third kappa shape index (κ3) is 4.73. The van der Waals surface area contributed by atoms with E-state index in [-0.39, 0.29) is 40.8 Å². The summed E-state index contributed by atoms with van der Waals surface area (Å²) in [4.78, 5) is 61.2. The lowest BCUT2D eigenvalue weighted by Gasteiger charge is -2.19. The summed E-state index contributed by atoms with van der Waals surface area (Å²) in [5.41, 5.74) is 0.205. The highest BCUT2D eigenvalue weighted by Crippen LogP contribution is 2.25. The van der Waals surface area contributed by atoms with Gasteiger partial charge >= 0.3 is 5.69 Å². The van der Waals surface area contributed by atoms with Crippen molar-refractivity contribution in [2.75, 3.05) is 6.54 Å². The van der Waals surface area contributed by atoms with Gasteiger partial charge in [0.05, 0.1) is 15.9 Å². The van der Waals surface area contributed by atoms with Gasteiger partial charge in [0, 0.05) is 35.9 Å². The highest BCUT2D eigenvalue weighted by molar-refractivity contribution is 9.10. The van der Waals surface area contributed by atoms with Crippen LogP contribution in [0.15, 0.2) is 32.3 Å². The van der Waals surface area contributed by atoms with Crippen molar-refractivity contribution in [3.05, 3.63) is 70.4 Å². The van der Waals surface area contributed by atoms with E-state index in [9.17, 15) is 29.3 Å². The zero-order valence-electron chi connectivity index (χ0n) is 15.9. The summed E-state index contributed by atoms with van der Waals surface area (Å²) in [6, 6.07) is 3.97. The first kappa shape index (κ1) is 21.6. The Morgan fingerprint density at radius 3 is 2.70 bits per heavy atom. The Morgan fingerprint density at radius 1 is 1.23 bits per heavy atom. The number of amides is 1. The van der Waals surface area contributed by atoms with Crippen LogP contribution in [-0.2, 0) is 24.2 Å². The molecule has 2 N–H and O–H groups in total. The van der Waals surface area contributed by atoms with Crippen LogP contribution >= 0.6 is 15.9 Å². The zero-order chi connectivity index (χ0) is 21.8. The van der Waals surface area contributed by atoms with Crippen LogP contribution < -0.4 is 16.6 Å². The van der Waals surface area contributed by atoms with E-state index < -0.39 is 22.3 Å². The summed E-state index contributed by atoms with van der Waals surface area (Å²) < 4.78 is 1.66. The molecule has 0 atom stereocenters. The van der Waals surface area contributed by atoms with Crippen LogP contribution in [0.1, 0.15) is 40.9 Å². The second-order valence-corrected chi connectivity index (χ2v) is 7.77. The number of carbonyl (C=O) groups is 2. The Morgan fingerprint density at radius 2 is 1.97 bits per heavy atom. The average Bonchev–Trinajstić information content (AvgIpc) is 2.72. The molecule has 11 heteroatoms. The molecule has 1 heterocycles. The fourth-order valence-corrected chi connectivity index (χ4v) is 3.83. The lowest BCUT2D eigenvalue weighted by molar-refractivity contribution is -0.385. The Labute approximate surface area is 178 Å². The van der Waals surface area contributed by atoms with Crippen molar-refractivity contribution >= 4 is 33.3 Å². The monoisotopic (exact) mass is 478 g/mol. The maximum Gasteiger partial charge on any atom is 0.328 e. The molecule has 0 bridgehead atoms. The van der Waals surface area contributed by atoms with Crippen LogP contribution in [0.25, 0.3) is 0 Å². The van der Waals surface area contributed by atoms with E-state index in [2.05, 4.69) is 26.2 Å². The predicted octanol–water partition coefficient (Wildman–Crippen LogP) is 1.48. The van der Waals surface area contributed by atoms with Crippen LogP contribution in [-0.4, -0.2) is 32.7 Å². The summed E-state index contributed by atoms with van der Waals surface area (Å²) in [6.07, 6.45) is 2.91. The van der Waals surface area contributed by atoms with Crippen molar-refractivity contribution in [3.8, 4) is 0 Å². The van der Waals surface area contributed by atoms with Gasteiger partial charge in [0.1, 0.15) is 0 Å². The molecule has 1 aromatic heterocycles. The molecule has 1 amide bonds. The zero-order valence-corrected chi connectivity index (χ0v) is 17.5. The number of aromatic nitrogens is 2. The molecule has 0 fully saturated rings. The van der Waals surface area contributed by atoms with Gasteiger partial charge in [0.25, 0.3) is 11.2 Å². The van der Waals surface area contributed by atoms with Crippen LogP contribution in [0.5, 0.6) is 0 Å². The molecule has 30 heavy (non-hydrogen) atoms. The van der Waals surface area contributed by atoms with Crippen molar-refractivity contribution in [2.45, 2.75) is 38.6 Å². The minimum absolute atomic E-state index is 0.0494. The number of benzene rings is 1. The van der Waals surface area contributed by atoms with Gasteiger partial charge in [-0.1, -0.05) is 0 Å². The van der Waals surface area contributed by atoms with Gasteiger partial charge in [-0.05, 0) is 53.7 Å². The first-order valence-electron chi connectivity index (χ1n) is 9.36. The van der Waals surface area contributed by atoms with E-state index in [0.717, 1.165) is 18.9 Å². The summed E-state index contributed by atoms with van der Waals surface area (Å²) in [5.74, 6) is -0.921. The number of aromatic amines is 1. The van der Waals surface area contributed by atoms with Gasteiger partial charge in [-0.25, -0.2) is 4.79 Å². The van der Waals surface area contributed by atoms with E-state index in [4.69, 9.17) is 0 Å². The van der Waals surface area contributed by atoms with Crippen LogP contribution in [0.2, 0.25) is 0 Å². The number of H-pyrrole nitrogens is 1. The number of fused-ring (bicyclic) bond motifs is 1. The van der Waals surface area contributed by atoms with Crippen LogP contribution in [0.3, 0.4) is 0 Å². The molecule has 0 spiro atoms. The highest BCUT2D eigenvalue weighted by atomic mass is 79.9. The van der Waals surface area contributed by atoms with Crippen LogP contribution in [0.4, 0.5) is 5.69 Å². The van der Waals surface area contributed by atoms with Crippen molar-refractivity contribution in [3.63, 3.8) is 0 Å². The second-order valence-electron chi connectivity index (χ2n) is 6.92. The Kier molecular flexibility index (Phi) is 6.60. The van der Waals surface area contributed by atoms with Crippen molar-refractivity contribution in [1.29, 1.82) is 0 Å². The number of rotatable bonds is 7. The van der Waals surface area contributed by atoms with Crippen molar-refractivity contribution < 1.29 is 14.5 Å². The lowest BCUT2D eigenvalue weighted by Crippen LogP contribution is -2.38. The van der Waals surface area contributed by atoms with Gasteiger partial charge < -0.3 is 5.32 Å². The number of nitrogens with one attached hydrogen (secondary N) is 2. The average molecular weight is 479 g/mol. The third-order valence-corrected chi connectivity index (χ3v) is 5.65. The van der Waals surface area contributed by atoms with Gasteiger partial charge in [-0.2, -0.15) is 0 Å². The van der Waals surface area contributed by atoms with E-state index in [1.165, 1.54) is 16.7 Å². The number of nitro benzene ring substituents is 1. The summed E-state index contributed by atoms with van der Waals surface area (Å²) in [5, 5.41) is 13.4. The molecule has 1 aliphatic rings. The lowest BCUT2D eigenvalue weighted by atomic mass is 9.97. The molecule has 10 nitrogen and oxygen atoms in total. The molecule has 0 aliphatic heterocycles. The highest BCUT2D eigenvalue weighted by Gasteiger charge is 2.19. The molecule has 1 aliphatic carbocycles. The van der Waals surface area contributed by atoms with Crippen LogP contribution in [0, 0.1) is 10.1 Å². The summed E-state index contributed by atoms with van der Waals surface area (Å²) in [7, 11) is 0. The first-order valence-corrected chi connectivity index (χ1v) is 10.2. The predicted molar refractivity (Wildman–Crippen MR) is 111 cm³/mol. The van der Waals surface area contributed by atoms with E-state index in [1.807, 2.05) is 0 Å². The smallest absolute Gasteiger partial charge is 0.328 e. The molecule has 3 rings (SSSR count). The Bertz CT molecular complexity index is 1140. The number of nitrogens with zero attached hydrogens (tertiary/aromatic N) is 2. The van der Waals surface area contributed by atoms with Gasteiger partial charge in [0.15, 0.2) is 5.78 Å². The maximum absolute atomic E-state index is 12.2. The van der Waals surface area contributed by atoms with Crippen molar-refractivity contribution in [1.82, 2.24) is 14.9 Å². The Balaban J connectivity index is 1.62. The number of Topliss-reactive ketones (excluding diaryl/α,β-unsaturated/α-hetero) is 1. The number of nitro groups is 1. The summed E-state index contributed by atoms with van der Waals surface area (Å²) in [6.45, 7) is -0.238. The first-order chi connectivity index (χ1) is 14.3. The minimum Gasteiger partial charge on any atom is -0.349 e. The molecule has 0 saturated heterocycles. The summed E-state index contributed by atoms with van der Waals surface area (Å²) >= 11 is 3.05.